The number of hydrogen-bond acceptors (Lipinski definition) is 5. The van der Waals surface area contributed by atoms with E-state index in [-0.39, 0.29) is 18.2 Å². The number of aromatic nitrogens is 3. The summed E-state index contributed by atoms with van der Waals surface area (Å²) >= 11 is 0. The lowest BCUT2D eigenvalue weighted by Crippen LogP contribution is -2.36. The minimum atomic E-state index is -0.116. The average molecular weight is 349 g/mol. The molecule has 6 heteroatoms. The molecule has 2 aromatic heterocycles. The first-order valence-corrected chi connectivity index (χ1v) is 8.56. The van der Waals surface area contributed by atoms with Gasteiger partial charge in [-0.3, -0.25) is 14.3 Å². The van der Waals surface area contributed by atoms with Gasteiger partial charge >= 0.3 is 0 Å². The molecule has 0 unspecified atom stereocenters. The van der Waals surface area contributed by atoms with Crippen molar-refractivity contribution in [3.05, 3.63) is 88.2 Å². The lowest BCUT2D eigenvalue weighted by molar-refractivity contribution is 0.0498. The smallest absolute Gasteiger partial charge is 0.257 e. The zero-order valence-electron chi connectivity index (χ0n) is 14.2. The van der Waals surface area contributed by atoms with Gasteiger partial charge in [0.25, 0.3) is 5.56 Å². The van der Waals surface area contributed by atoms with Gasteiger partial charge in [-0.2, -0.15) is 4.98 Å². The summed E-state index contributed by atoms with van der Waals surface area (Å²) in [6.07, 6.45) is 2.43. The van der Waals surface area contributed by atoms with Gasteiger partial charge in [-0.25, -0.2) is 0 Å². The van der Waals surface area contributed by atoms with Crippen molar-refractivity contribution >= 4 is 0 Å². The molecular formula is C20H19N3O3. The van der Waals surface area contributed by atoms with Gasteiger partial charge in [0.05, 0.1) is 24.4 Å². The van der Waals surface area contributed by atoms with Crippen molar-refractivity contribution in [3.63, 3.8) is 0 Å². The quantitative estimate of drug-likeness (QED) is 0.708. The summed E-state index contributed by atoms with van der Waals surface area (Å²) < 4.78 is 13.0. The molecule has 0 saturated heterocycles. The van der Waals surface area contributed by atoms with Gasteiger partial charge in [-0.15, -0.1) is 0 Å². The Morgan fingerprint density at radius 1 is 1.15 bits per heavy atom. The van der Waals surface area contributed by atoms with Crippen molar-refractivity contribution in [2.24, 2.45) is 0 Å². The maximum atomic E-state index is 12.7. The SMILES string of the molecule is O=c1cc(OCc2ccccn2)nc2n1[C@H](Cc1ccccc1)COC2. The fourth-order valence-electron chi connectivity index (χ4n) is 3.11. The van der Waals surface area contributed by atoms with Crippen LogP contribution in [0.5, 0.6) is 5.88 Å². The molecule has 0 N–H and O–H groups in total. The van der Waals surface area contributed by atoms with E-state index in [0.29, 0.717) is 24.9 Å². The monoisotopic (exact) mass is 349 g/mol. The highest BCUT2D eigenvalue weighted by Gasteiger charge is 2.23. The van der Waals surface area contributed by atoms with Crippen LogP contribution in [0.4, 0.5) is 0 Å². The Balaban J connectivity index is 1.55. The first-order chi connectivity index (χ1) is 12.8. The Bertz CT molecular complexity index is 926. The Kier molecular flexibility index (Phi) is 4.75. The number of pyridine rings is 1. The van der Waals surface area contributed by atoms with E-state index in [1.807, 2.05) is 36.4 Å². The fraction of sp³-hybridized carbons (Fsp3) is 0.250. The number of hydrogen-bond donors (Lipinski definition) is 0. The van der Waals surface area contributed by atoms with Crippen molar-refractivity contribution in [2.45, 2.75) is 25.7 Å². The van der Waals surface area contributed by atoms with Crippen LogP contribution >= 0.6 is 0 Å². The van der Waals surface area contributed by atoms with Gasteiger partial charge in [0.15, 0.2) is 0 Å². The maximum Gasteiger partial charge on any atom is 0.257 e. The molecule has 1 aliphatic rings. The third-order valence-electron chi connectivity index (χ3n) is 4.32. The molecule has 3 heterocycles. The standard InChI is InChI=1S/C20H19N3O3/c24-20-11-19(26-12-16-8-4-5-9-21-16)22-18-14-25-13-17(23(18)20)10-15-6-2-1-3-7-15/h1-9,11,17H,10,12-14H2/t17-/m1/s1. The molecule has 26 heavy (non-hydrogen) atoms. The first kappa shape index (κ1) is 16.5. The molecular weight excluding hydrogens is 330 g/mol. The van der Waals surface area contributed by atoms with E-state index >= 15 is 0 Å². The molecule has 0 fully saturated rings. The van der Waals surface area contributed by atoms with Crippen LogP contribution in [0, 0.1) is 0 Å². The van der Waals surface area contributed by atoms with Gasteiger partial charge in [-0.1, -0.05) is 36.4 Å². The second kappa shape index (κ2) is 7.49. The van der Waals surface area contributed by atoms with Crippen LogP contribution in [0.15, 0.2) is 65.6 Å². The van der Waals surface area contributed by atoms with Crippen LogP contribution in [0.1, 0.15) is 23.1 Å². The predicted octanol–water partition coefficient (Wildman–Crippen LogP) is 2.53. The summed E-state index contributed by atoms with van der Waals surface area (Å²) in [4.78, 5) is 21.3. The number of rotatable bonds is 5. The molecule has 0 amide bonds. The summed E-state index contributed by atoms with van der Waals surface area (Å²) in [5, 5.41) is 0. The van der Waals surface area contributed by atoms with Crippen LogP contribution in [0.3, 0.4) is 0 Å². The Labute approximate surface area is 151 Å². The molecule has 1 aromatic carbocycles. The molecule has 0 saturated carbocycles. The molecule has 0 spiro atoms. The van der Waals surface area contributed by atoms with E-state index in [0.717, 1.165) is 17.7 Å². The largest absolute Gasteiger partial charge is 0.471 e. The highest BCUT2D eigenvalue weighted by Crippen LogP contribution is 2.21. The summed E-state index contributed by atoms with van der Waals surface area (Å²) in [7, 11) is 0. The highest BCUT2D eigenvalue weighted by atomic mass is 16.5. The molecule has 0 aliphatic carbocycles. The highest BCUT2D eigenvalue weighted by molar-refractivity contribution is 5.18. The summed E-state index contributed by atoms with van der Waals surface area (Å²) in [6.45, 7) is 1.07. The topological polar surface area (TPSA) is 66.2 Å². The normalized spacial score (nSPS) is 16.1. The number of ether oxygens (including phenoxy) is 2. The van der Waals surface area contributed by atoms with E-state index in [1.165, 1.54) is 6.07 Å². The second-order valence-corrected chi connectivity index (χ2v) is 6.19. The maximum absolute atomic E-state index is 12.7. The molecule has 4 rings (SSSR count). The van der Waals surface area contributed by atoms with Crippen LogP contribution in [-0.2, 0) is 24.4 Å². The van der Waals surface area contributed by atoms with E-state index in [9.17, 15) is 4.79 Å². The van der Waals surface area contributed by atoms with E-state index in [2.05, 4.69) is 22.1 Å². The molecule has 6 nitrogen and oxygen atoms in total. The third-order valence-corrected chi connectivity index (χ3v) is 4.32. The van der Waals surface area contributed by atoms with Crippen LogP contribution in [0.25, 0.3) is 0 Å². The van der Waals surface area contributed by atoms with Gasteiger partial charge in [0.1, 0.15) is 19.0 Å². The van der Waals surface area contributed by atoms with Crippen molar-refractivity contribution in [2.75, 3.05) is 6.61 Å². The van der Waals surface area contributed by atoms with Crippen molar-refractivity contribution in [1.29, 1.82) is 0 Å². The average Bonchev–Trinajstić information content (AvgIpc) is 2.68. The number of benzene rings is 1. The zero-order valence-corrected chi connectivity index (χ0v) is 14.2. The third kappa shape index (κ3) is 3.65. The van der Waals surface area contributed by atoms with Crippen LogP contribution < -0.4 is 10.3 Å². The van der Waals surface area contributed by atoms with Gasteiger partial charge in [-0.05, 0) is 24.1 Å². The predicted molar refractivity (Wildman–Crippen MR) is 95.9 cm³/mol. The molecule has 3 aromatic rings. The van der Waals surface area contributed by atoms with Crippen molar-refractivity contribution in [3.8, 4) is 5.88 Å². The summed E-state index contributed by atoms with van der Waals surface area (Å²) in [6, 6.07) is 17.1. The second-order valence-electron chi connectivity index (χ2n) is 6.19. The molecule has 0 radical (unpaired) electrons. The minimum Gasteiger partial charge on any atom is -0.471 e. The lowest BCUT2D eigenvalue weighted by Gasteiger charge is -2.27. The lowest BCUT2D eigenvalue weighted by atomic mass is 10.1. The zero-order chi connectivity index (χ0) is 17.8. The Hall–Kier alpha value is -2.99. The fourth-order valence-corrected chi connectivity index (χ4v) is 3.11. The number of nitrogens with zero attached hydrogens (tertiary/aromatic N) is 3. The van der Waals surface area contributed by atoms with E-state index < -0.39 is 0 Å². The Morgan fingerprint density at radius 3 is 2.81 bits per heavy atom. The molecule has 1 aliphatic heterocycles. The van der Waals surface area contributed by atoms with Gasteiger partial charge in [0, 0.05) is 6.20 Å². The molecule has 0 bridgehead atoms. The van der Waals surface area contributed by atoms with Crippen molar-refractivity contribution < 1.29 is 9.47 Å². The van der Waals surface area contributed by atoms with Crippen LogP contribution in [-0.4, -0.2) is 21.1 Å². The summed E-state index contributed by atoms with van der Waals surface area (Å²) in [5.41, 5.74) is 1.83. The van der Waals surface area contributed by atoms with Crippen LogP contribution in [0.2, 0.25) is 0 Å². The van der Waals surface area contributed by atoms with Crippen molar-refractivity contribution in [1.82, 2.24) is 14.5 Å². The minimum absolute atomic E-state index is 0.0639. The van der Waals surface area contributed by atoms with E-state index in [1.54, 1.807) is 10.8 Å². The molecule has 1 atom stereocenters. The first-order valence-electron chi connectivity index (χ1n) is 8.56. The number of fused-ring (bicyclic) bond motifs is 1. The molecule has 132 valence electrons. The van der Waals surface area contributed by atoms with E-state index in [4.69, 9.17) is 9.47 Å². The Morgan fingerprint density at radius 2 is 2.00 bits per heavy atom. The van der Waals surface area contributed by atoms with Gasteiger partial charge < -0.3 is 9.47 Å². The summed E-state index contributed by atoms with van der Waals surface area (Å²) in [5.74, 6) is 0.900. The van der Waals surface area contributed by atoms with Gasteiger partial charge in [0.2, 0.25) is 5.88 Å².